The Balaban J connectivity index is 1.55. The molecule has 1 heterocycles. The minimum Gasteiger partial charge on any atom is -0.349 e. The van der Waals surface area contributed by atoms with Crippen molar-refractivity contribution < 1.29 is 4.79 Å². The SMILES string of the molecule is O=C(CC1=CCCCC1)NCc1nc2ccccc2[nH]1. The van der Waals surface area contributed by atoms with Gasteiger partial charge in [-0.05, 0) is 37.8 Å². The van der Waals surface area contributed by atoms with Gasteiger partial charge in [0.05, 0.1) is 17.6 Å². The van der Waals surface area contributed by atoms with Crippen molar-refractivity contribution in [3.8, 4) is 0 Å². The van der Waals surface area contributed by atoms with Gasteiger partial charge in [-0.3, -0.25) is 4.79 Å². The molecule has 4 nitrogen and oxygen atoms in total. The number of carbonyl (C=O) groups excluding carboxylic acids is 1. The number of aromatic amines is 1. The summed E-state index contributed by atoms with van der Waals surface area (Å²) in [6.07, 6.45) is 7.39. The smallest absolute Gasteiger partial charge is 0.224 e. The lowest BCUT2D eigenvalue weighted by Crippen LogP contribution is -2.23. The van der Waals surface area contributed by atoms with E-state index in [2.05, 4.69) is 21.4 Å². The van der Waals surface area contributed by atoms with E-state index in [4.69, 9.17) is 0 Å². The van der Waals surface area contributed by atoms with Gasteiger partial charge >= 0.3 is 0 Å². The molecule has 2 aromatic rings. The zero-order valence-electron chi connectivity index (χ0n) is 11.5. The van der Waals surface area contributed by atoms with Gasteiger partial charge in [0.25, 0.3) is 0 Å². The Kier molecular flexibility index (Phi) is 3.81. The van der Waals surface area contributed by atoms with Gasteiger partial charge in [0.1, 0.15) is 5.82 Å². The fourth-order valence-electron chi connectivity index (χ4n) is 2.61. The molecule has 0 saturated carbocycles. The first kappa shape index (κ1) is 12.9. The van der Waals surface area contributed by atoms with Crippen LogP contribution in [-0.2, 0) is 11.3 Å². The number of nitrogens with one attached hydrogen (secondary N) is 2. The number of amides is 1. The normalized spacial score (nSPS) is 15.1. The summed E-state index contributed by atoms with van der Waals surface area (Å²) in [5, 5.41) is 2.93. The quantitative estimate of drug-likeness (QED) is 0.838. The highest BCUT2D eigenvalue weighted by atomic mass is 16.1. The number of nitrogens with zero attached hydrogens (tertiary/aromatic N) is 1. The average Bonchev–Trinajstić information content (AvgIpc) is 2.89. The predicted octanol–water partition coefficient (Wildman–Crippen LogP) is 3.07. The Bertz CT molecular complexity index is 609. The van der Waals surface area contributed by atoms with E-state index in [1.807, 2.05) is 24.3 Å². The van der Waals surface area contributed by atoms with Crippen LogP contribution >= 0.6 is 0 Å². The van der Waals surface area contributed by atoms with Crippen molar-refractivity contribution in [1.82, 2.24) is 15.3 Å². The number of H-pyrrole nitrogens is 1. The maximum absolute atomic E-state index is 11.9. The number of imidazole rings is 1. The van der Waals surface area contributed by atoms with Crippen molar-refractivity contribution in [2.75, 3.05) is 0 Å². The number of allylic oxidation sites excluding steroid dienone is 1. The lowest BCUT2D eigenvalue weighted by atomic mass is 9.97. The van der Waals surface area contributed by atoms with Gasteiger partial charge in [0.15, 0.2) is 0 Å². The van der Waals surface area contributed by atoms with Crippen LogP contribution in [0.5, 0.6) is 0 Å². The van der Waals surface area contributed by atoms with Crippen LogP contribution in [0, 0.1) is 0 Å². The largest absolute Gasteiger partial charge is 0.349 e. The molecule has 0 unspecified atom stereocenters. The van der Waals surface area contributed by atoms with Crippen LogP contribution in [0.4, 0.5) is 0 Å². The van der Waals surface area contributed by atoms with Gasteiger partial charge in [0, 0.05) is 6.42 Å². The lowest BCUT2D eigenvalue weighted by molar-refractivity contribution is -0.120. The minimum atomic E-state index is 0.0820. The van der Waals surface area contributed by atoms with E-state index in [0.29, 0.717) is 13.0 Å². The topological polar surface area (TPSA) is 57.8 Å². The number of hydrogen-bond donors (Lipinski definition) is 2. The van der Waals surface area contributed by atoms with Crippen molar-refractivity contribution >= 4 is 16.9 Å². The van der Waals surface area contributed by atoms with Crippen LogP contribution in [0.15, 0.2) is 35.9 Å². The second-order valence-corrected chi connectivity index (χ2v) is 5.26. The summed E-state index contributed by atoms with van der Waals surface area (Å²) in [6.45, 7) is 0.459. The molecular weight excluding hydrogens is 250 g/mol. The summed E-state index contributed by atoms with van der Waals surface area (Å²) in [5.74, 6) is 0.885. The van der Waals surface area contributed by atoms with Crippen molar-refractivity contribution in [3.63, 3.8) is 0 Å². The summed E-state index contributed by atoms with van der Waals surface area (Å²) in [5.41, 5.74) is 3.22. The number of rotatable bonds is 4. The first-order valence-electron chi connectivity index (χ1n) is 7.19. The Morgan fingerprint density at radius 1 is 1.30 bits per heavy atom. The minimum absolute atomic E-state index is 0.0820. The molecule has 4 heteroatoms. The van der Waals surface area contributed by atoms with Crippen LogP contribution in [0.2, 0.25) is 0 Å². The molecule has 1 aliphatic rings. The van der Waals surface area contributed by atoms with E-state index in [1.165, 1.54) is 18.4 Å². The molecule has 2 N–H and O–H groups in total. The van der Waals surface area contributed by atoms with Crippen LogP contribution < -0.4 is 5.32 Å². The third kappa shape index (κ3) is 3.07. The molecule has 1 amide bonds. The number of aromatic nitrogens is 2. The summed E-state index contributed by atoms with van der Waals surface area (Å²) in [4.78, 5) is 19.6. The highest BCUT2D eigenvalue weighted by Gasteiger charge is 2.09. The lowest BCUT2D eigenvalue weighted by Gasteiger charge is -2.12. The Hall–Kier alpha value is -2.10. The van der Waals surface area contributed by atoms with E-state index in [9.17, 15) is 4.79 Å². The van der Waals surface area contributed by atoms with Crippen molar-refractivity contribution in [2.45, 2.75) is 38.6 Å². The average molecular weight is 269 g/mol. The van der Waals surface area contributed by atoms with E-state index < -0.39 is 0 Å². The van der Waals surface area contributed by atoms with E-state index in [0.717, 1.165) is 29.7 Å². The summed E-state index contributed by atoms with van der Waals surface area (Å²) < 4.78 is 0. The Morgan fingerprint density at radius 3 is 3.00 bits per heavy atom. The second kappa shape index (κ2) is 5.90. The van der Waals surface area contributed by atoms with Gasteiger partial charge in [-0.1, -0.05) is 23.8 Å². The number of carbonyl (C=O) groups is 1. The molecule has 3 rings (SSSR count). The highest BCUT2D eigenvalue weighted by molar-refractivity contribution is 5.79. The molecule has 0 radical (unpaired) electrons. The molecule has 0 bridgehead atoms. The summed E-state index contributed by atoms with van der Waals surface area (Å²) in [7, 11) is 0. The van der Waals surface area contributed by atoms with Crippen LogP contribution in [0.25, 0.3) is 11.0 Å². The fraction of sp³-hybridized carbons (Fsp3) is 0.375. The molecule has 0 fully saturated rings. The van der Waals surface area contributed by atoms with E-state index in [-0.39, 0.29) is 5.91 Å². The summed E-state index contributed by atoms with van der Waals surface area (Å²) in [6, 6.07) is 7.88. The molecule has 1 aromatic carbocycles. The Morgan fingerprint density at radius 2 is 2.20 bits per heavy atom. The monoisotopic (exact) mass is 269 g/mol. The first-order valence-corrected chi connectivity index (χ1v) is 7.19. The van der Waals surface area contributed by atoms with E-state index in [1.54, 1.807) is 0 Å². The van der Waals surface area contributed by atoms with Gasteiger partial charge in [-0.2, -0.15) is 0 Å². The van der Waals surface area contributed by atoms with Crippen LogP contribution in [-0.4, -0.2) is 15.9 Å². The molecule has 0 aliphatic heterocycles. The first-order chi connectivity index (χ1) is 9.81. The Labute approximate surface area is 118 Å². The number of para-hydroxylation sites is 2. The highest BCUT2D eigenvalue weighted by Crippen LogP contribution is 2.19. The van der Waals surface area contributed by atoms with Gasteiger partial charge in [-0.15, -0.1) is 0 Å². The predicted molar refractivity (Wildman–Crippen MR) is 79.1 cm³/mol. The number of hydrogen-bond acceptors (Lipinski definition) is 2. The summed E-state index contributed by atoms with van der Waals surface area (Å²) >= 11 is 0. The van der Waals surface area contributed by atoms with Crippen LogP contribution in [0.1, 0.15) is 37.9 Å². The van der Waals surface area contributed by atoms with Crippen molar-refractivity contribution in [3.05, 3.63) is 41.7 Å². The molecule has 1 aliphatic carbocycles. The molecule has 1 aromatic heterocycles. The molecule has 104 valence electrons. The molecule has 0 spiro atoms. The number of fused-ring (bicyclic) bond motifs is 1. The number of benzene rings is 1. The van der Waals surface area contributed by atoms with Gasteiger partial charge in [-0.25, -0.2) is 4.98 Å². The van der Waals surface area contributed by atoms with Gasteiger partial charge in [0.2, 0.25) is 5.91 Å². The zero-order valence-corrected chi connectivity index (χ0v) is 11.5. The zero-order chi connectivity index (χ0) is 13.8. The van der Waals surface area contributed by atoms with Gasteiger partial charge < -0.3 is 10.3 Å². The maximum atomic E-state index is 11.9. The van der Waals surface area contributed by atoms with Crippen LogP contribution in [0.3, 0.4) is 0 Å². The van der Waals surface area contributed by atoms with E-state index >= 15 is 0 Å². The molecule has 0 atom stereocenters. The standard InChI is InChI=1S/C16H19N3O/c20-16(10-12-6-2-1-3-7-12)17-11-15-18-13-8-4-5-9-14(13)19-15/h4-6,8-9H,1-3,7,10-11H2,(H,17,20)(H,18,19). The molecule has 0 saturated heterocycles. The maximum Gasteiger partial charge on any atom is 0.224 e. The molecule has 20 heavy (non-hydrogen) atoms. The van der Waals surface area contributed by atoms with Crippen molar-refractivity contribution in [2.24, 2.45) is 0 Å². The van der Waals surface area contributed by atoms with Crippen molar-refractivity contribution in [1.29, 1.82) is 0 Å². The fourth-order valence-corrected chi connectivity index (χ4v) is 2.61. The third-order valence-electron chi connectivity index (χ3n) is 3.66. The third-order valence-corrected chi connectivity index (χ3v) is 3.66. The molecular formula is C16H19N3O. The second-order valence-electron chi connectivity index (χ2n) is 5.26.